The number of nitrogens with zero attached hydrogens (tertiary/aromatic N) is 7. The molecule has 1 amide bonds. The van der Waals surface area contributed by atoms with Crippen LogP contribution in [0.5, 0.6) is 0 Å². The normalized spacial score (nSPS) is 21.2. The highest BCUT2D eigenvalue weighted by molar-refractivity contribution is 7.99. The van der Waals surface area contributed by atoms with Crippen LogP contribution in [0.15, 0.2) is 52.9 Å². The number of amides is 1. The number of hydrogen-bond donors (Lipinski definition) is 0. The summed E-state index contributed by atoms with van der Waals surface area (Å²) in [5.41, 5.74) is 3.95. The van der Waals surface area contributed by atoms with Gasteiger partial charge in [0.05, 0.1) is 29.5 Å². The Hall–Kier alpha value is -3.71. The van der Waals surface area contributed by atoms with Crippen LogP contribution in [0.4, 0.5) is 4.39 Å². The van der Waals surface area contributed by atoms with Crippen LogP contribution in [-0.4, -0.2) is 48.3 Å². The summed E-state index contributed by atoms with van der Waals surface area (Å²) in [4.78, 5) is 18.6. The van der Waals surface area contributed by atoms with Gasteiger partial charge in [-0.15, -0.1) is 0 Å². The van der Waals surface area contributed by atoms with Gasteiger partial charge < -0.3 is 4.90 Å². The highest BCUT2D eigenvalue weighted by Crippen LogP contribution is 2.45. The topological polar surface area (TPSA) is 92.1 Å². The third kappa shape index (κ3) is 3.75. The fourth-order valence-electron chi connectivity index (χ4n) is 5.74. The predicted octanol–water partition coefficient (Wildman–Crippen LogP) is 4.49. The van der Waals surface area contributed by atoms with Crippen LogP contribution in [0.3, 0.4) is 0 Å². The maximum absolute atomic E-state index is 14.4. The summed E-state index contributed by atoms with van der Waals surface area (Å²) in [5, 5.41) is 19.0. The molecule has 2 fully saturated rings. The predicted molar refractivity (Wildman–Crippen MR) is 132 cm³/mol. The molecule has 0 bridgehead atoms. The van der Waals surface area contributed by atoms with Crippen molar-refractivity contribution in [2.24, 2.45) is 11.8 Å². The quantitative estimate of drug-likeness (QED) is 0.409. The van der Waals surface area contributed by atoms with E-state index < -0.39 is 5.82 Å². The summed E-state index contributed by atoms with van der Waals surface area (Å²) < 4.78 is 18.2. The molecule has 1 saturated heterocycles. The van der Waals surface area contributed by atoms with Gasteiger partial charge in [-0.05, 0) is 49.8 Å². The van der Waals surface area contributed by atoms with E-state index in [2.05, 4.69) is 27.8 Å². The molecular formula is C26H24FN7OS. The molecule has 4 aromatic heterocycles. The molecule has 0 unspecified atom stereocenters. The maximum atomic E-state index is 14.4. The minimum atomic E-state index is -0.414. The second kappa shape index (κ2) is 8.75. The average molecular weight is 502 g/mol. The van der Waals surface area contributed by atoms with Crippen LogP contribution < -0.4 is 0 Å². The molecule has 182 valence electrons. The van der Waals surface area contributed by atoms with Gasteiger partial charge in [0.15, 0.2) is 5.82 Å². The van der Waals surface area contributed by atoms with Crippen molar-refractivity contribution in [3.8, 4) is 17.2 Å². The van der Waals surface area contributed by atoms with Crippen LogP contribution in [0, 0.1) is 35.9 Å². The zero-order valence-corrected chi connectivity index (χ0v) is 20.7. The van der Waals surface area contributed by atoms with Crippen molar-refractivity contribution in [2.75, 3.05) is 13.1 Å². The first-order valence-corrected chi connectivity index (χ1v) is 12.7. The number of carbonyl (C=O) groups excluding carboxylic acids is 1. The van der Waals surface area contributed by atoms with Crippen LogP contribution >= 0.6 is 11.8 Å². The van der Waals surface area contributed by atoms with Gasteiger partial charge in [0, 0.05) is 54.1 Å². The summed E-state index contributed by atoms with van der Waals surface area (Å²) in [6.45, 7) is 5.39. The lowest BCUT2D eigenvalue weighted by molar-refractivity contribution is -0.128. The van der Waals surface area contributed by atoms with E-state index in [0.717, 1.165) is 42.8 Å². The highest BCUT2D eigenvalue weighted by atomic mass is 32.2. The lowest BCUT2D eigenvalue weighted by Gasteiger charge is -2.19. The molecule has 5 heterocycles. The van der Waals surface area contributed by atoms with Crippen molar-refractivity contribution < 1.29 is 9.18 Å². The zero-order valence-electron chi connectivity index (χ0n) is 19.9. The third-order valence-electron chi connectivity index (χ3n) is 7.50. The van der Waals surface area contributed by atoms with E-state index in [-0.39, 0.29) is 10.9 Å². The van der Waals surface area contributed by atoms with Gasteiger partial charge in [-0.2, -0.15) is 15.5 Å². The fourth-order valence-corrected chi connectivity index (χ4v) is 6.71. The van der Waals surface area contributed by atoms with E-state index in [1.54, 1.807) is 23.7 Å². The van der Waals surface area contributed by atoms with Gasteiger partial charge in [0.1, 0.15) is 11.1 Å². The Morgan fingerprint density at radius 1 is 1.22 bits per heavy atom. The number of aromatic nitrogens is 5. The van der Waals surface area contributed by atoms with Crippen LogP contribution in [0.25, 0.3) is 16.6 Å². The molecule has 0 spiro atoms. The molecule has 1 aliphatic heterocycles. The first-order chi connectivity index (χ1) is 17.4. The number of carbonyl (C=O) groups is 1. The first-order valence-electron chi connectivity index (χ1n) is 11.9. The number of halogens is 1. The summed E-state index contributed by atoms with van der Waals surface area (Å²) in [7, 11) is 0. The van der Waals surface area contributed by atoms with Crippen molar-refractivity contribution in [3.05, 3.63) is 60.1 Å². The molecule has 0 aromatic carbocycles. The van der Waals surface area contributed by atoms with Crippen molar-refractivity contribution in [3.63, 3.8) is 0 Å². The largest absolute Gasteiger partial charge is 0.342 e. The molecule has 6 rings (SSSR count). The van der Waals surface area contributed by atoms with Gasteiger partial charge in [-0.1, -0.05) is 11.8 Å². The summed E-state index contributed by atoms with van der Waals surface area (Å²) >= 11 is 1.18. The molecule has 1 aliphatic carbocycles. The first kappa shape index (κ1) is 22.7. The average Bonchev–Trinajstić information content (AvgIpc) is 3.62. The van der Waals surface area contributed by atoms with Gasteiger partial charge in [0.25, 0.3) is 0 Å². The smallest absolute Gasteiger partial charge is 0.219 e. The number of hydrogen-bond acceptors (Lipinski definition) is 6. The van der Waals surface area contributed by atoms with E-state index in [1.165, 1.54) is 24.0 Å². The molecule has 0 radical (unpaired) electrons. The minimum absolute atomic E-state index is 0.159. The molecule has 36 heavy (non-hydrogen) atoms. The summed E-state index contributed by atoms with van der Waals surface area (Å²) in [6.07, 6.45) is 8.86. The number of pyridine rings is 2. The second-order valence-electron chi connectivity index (χ2n) is 9.61. The molecule has 4 aromatic rings. The Bertz CT molecular complexity index is 1520. The van der Waals surface area contributed by atoms with Crippen LogP contribution in [0.2, 0.25) is 0 Å². The maximum Gasteiger partial charge on any atom is 0.219 e. The lowest BCUT2D eigenvalue weighted by Crippen LogP contribution is -2.27. The summed E-state index contributed by atoms with van der Waals surface area (Å²) in [5.74, 6) is 0.786. The van der Waals surface area contributed by atoms with Gasteiger partial charge in [-0.3, -0.25) is 9.48 Å². The van der Waals surface area contributed by atoms with Gasteiger partial charge >= 0.3 is 0 Å². The standard InChI is InChI=1S/C26H24FN7OS/c1-15-22(11-31-34(15)21-6-17-12-32(16(2)35)13-18(17)7-21)19-8-24(36-26-23(27)4-3-5-29-26)25-20(9-28)10-30-33(25)14-19/h3-5,8,10-11,14,17-18,21H,6-7,12-13H2,1-2H3/t17-,18+,21-. The highest BCUT2D eigenvalue weighted by Gasteiger charge is 2.42. The zero-order chi connectivity index (χ0) is 25.0. The Morgan fingerprint density at radius 2 is 2.00 bits per heavy atom. The molecule has 10 heteroatoms. The monoisotopic (exact) mass is 501 g/mol. The van der Waals surface area contributed by atoms with Crippen molar-refractivity contribution in [1.82, 2.24) is 29.3 Å². The van der Waals surface area contributed by atoms with E-state index >= 15 is 0 Å². The Labute approximate surface area is 211 Å². The van der Waals surface area contributed by atoms with E-state index in [9.17, 15) is 14.4 Å². The van der Waals surface area contributed by atoms with Gasteiger partial charge in [0.2, 0.25) is 5.91 Å². The van der Waals surface area contributed by atoms with Crippen LogP contribution in [0.1, 0.15) is 37.1 Å². The van der Waals surface area contributed by atoms with Gasteiger partial charge in [-0.25, -0.2) is 13.9 Å². The number of nitriles is 1. The molecule has 2 aliphatic rings. The summed E-state index contributed by atoms with van der Waals surface area (Å²) in [6, 6.07) is 7.37. The fraction of sp³-hybridized carbons (Fsp3) is 0.346. The second-order valence-corrected chi connectivity index (χ2v) is 10.6. The number of likely N-dealkylation sites (tertiary alicyclic amines) is 1. The molecule has 1 saturated carbocycles. The van der Waals surface area contributed by atoms with Crippen molar-refractivity contribution >= 4 is 23.2 Å². The van der Waals surface area contributed by atoms with Crippen LogP contribution in [-0.2, 0) is 4.79 Å². The minimum Gasteiger partial charge on any atom is -0.342 e. The Morgan fingerprint density at radius 3 is 2.69 bits per heavy atom. The SMILES string of the molecule is CC(=O)N1C[C@H]2C[C@@H](n3ncc(-c4cc(Sc5ncccc5F)c5c(C#N)cnn5c4)c3C)C[C@H]2C1. The Kier molecular flexibility index (Phi) is 5.52. The Balaban J connectivity index is 1.35. The molecule has 8 nitrogen and oxygen atoms in total. The van der Waals surface area contributed by atoms with E-state index in [1.807, 2.05) is 23.4 Å². The van der Waals surface area contributed by atoms with E-state index in [0.29, 0.717) is 33.9 Å². The number of fused-ring (bicyclic) bond motifs is 2. The molecule has 0 N–H and O–H groups in total. The molecule has 3 atom stereocenters. The van der Waals surface area contributed by atoms with E-state index in [4.69, 9.17) is 5.10 Å². The molecular weight excluding hydrogens is 477 g/mol. The van der Waals surface area contributed by atoms with Crippen molar-refractivity contribution in [1.29, 1.82) is 5.26 Å². The van der Waals surface area contributed by atoms with Crippen molar-refractivity contribution in [2.45, 2.75) is 42.7 Å². The number of rotatable bonds is 4. The lowest BCUT2D eigenvalue weighted by atomic mass is 10.0. The third-order valence-corrected chi connectivity index (χ3v) is 8.53.